The van der Waals surface area contributed by atoms with Crippen LogP contribution in [0.4, 0.5) is 4.39 Å². The van der Waals surface area contributed by atoms with E-state index in [1.54, 1.807) is 11.8 Å². The van der Waals surface area contributed by atoms with Gasteiger partial charge in [0.15, 0.2) is 0 Å². The van der Waals surface area contributed by atoms with Crippen LogP contribution >= 0.6 is 11.8 Å². The lowest BCUT2D eigenvalue weighted by molar-refractivity contribution is 0.214. The second kappa shape index (κ2) is 6.42. The first-order valence-corrected chi connectivity index (χ1v) is 7.69. The van der Waals surface area contributed by atoms with E-state index in [9.17, 15) is 9.50 Å². The Bertz CT molecular complexity index is 569. The van der Waals surface area contributed by atoms with Crippen LogP contribution in [0, 0.1) is 19.7 Å². The van der Waals surface area contributed by atoms with Crippen molar-refractivity contribution in [1.82, 2.24) is 0 Å². The minimum absolute atomic E-state index is 0.345. The summed E-state index contributed by atoms with van der Waals surface area (Å²) in [6.45, 7) is 5.78. The molecule has 20 heavy (non-hydrogen) atoms. The predicted molar refractivity (Wildman–Crippen MR) is 82.8 cm³/mol. The van der Waals surface area contributed by atoms with Crippen LogP contribution < -0.4 is 0 Å². The molecule has 0 aliphatic rings. The molecule has 0 radical (unpaired) electrons. The van der Waals surface area contributed by atoms with Gasteiger partial charge in [0.25, 0.3) is 0 Å². The zero-order valence-corrected chi connectivity index (χ0v) is 12.8. The molecule has 1 atom stereocenters. The van der Waals surface area contributed by atoms with Gasteiger partial charge in [0.1, 0.15) is 11.9 Å². The van der Waals surface area contributed by atoms with Crippen molar-refractivity contribution < 1.29 is 9.50 Å². The fraction of sp³-hybridized carbons (Fsp3) is 0.294. The minimum atomic E-state index is -0.920. The molecule has 2 rings (SSSR count). The van der Waals surface area contributed by atoms with E-state index in [2.05, 4.69) is 6.92 Å². The summed E-state index contributed by atoms with van der Waals surface area (Å²) >= 11 is 1.74. The van der Waals surface area contributed by atoms with Gasteiger partial charge in [0.2, 0.25) is 0 Å². The van der Waals surface area contributed by atoms with Gasteiger partial charge in [-0.2, -0.15) is 0 Å². The standard InChI is InChI=1S/C17H19FOS/c1-4-20-14-7-5-13(6-8-14)17(19)16-12(3)9-11(2)10-15(16)18/h5-10,17,19H,4H2,1-3H3. The summed E-state index contributed by atoms with van der Waals surface area (Å²) in [5.74, 6) is 0.662. The molecule has 0 amide bonds. The van der Waals surface area contributed by atoms with Crippen molar-refractivity contribution in [1.29, 1.82) is 0 Å². The fourth-order valence-corrected chi connectivity index (χ4v) is 3.01. The summed E-state index contributed by atoms with van der Waals surface area (Å²) in [6, 6.07) is 11.0. The maximum atomic E-state index is 14.1. The average molecular weight is 290 g/mol. The number of aliphatic hydroxyl groups is 1. The van der Waals surface area contributed by atoms with Crippen molar-refractivity contribution >= 4 is 11.8 Å². The molecule has 0 fully saturated rings. The quantitative estimate of drug-likeness (QED) is 0.828. The number of thioether (sulfide) groups is 1. The third kappa shape index (κ3) is 3.22. The van der Waals surface area contributed by atoms with Gasteiger partial charge in [-0.3, -0.25) is 0 Å². The van der Waals surface area contributed by atoms with Crippen LogP contribution in [0.1, 0.15) is 35.3 Å². The number of rotatable bonds is 4. The summed E-state index contributed by atoms with van der Waals surface area (Å²) in [4.78, 5) is 1.16. The number of hydrogen-bond donors (Lipinski definition) is 1. The molecule has 3 heteroatoms. The first-order valence-electron chi connectivity index (χ1n) is 6.70. The molecule has 0 aliphatic carbocycles. The lowest BCUT2D eigenvalue weighted by Crippen LogP contribution is -2.05. The van der Waals surface area contributed by atoms with Crippen molar-refractivity contribution in [3.8, 4) is 0 Å². The summed E-state index contributed by atoms with van der Waals surface area (Å²) in [5.41, 5.74) is 2.73. The fourth-order valence-electron chi connectivity index (χ4n) is 2.35. The zero-order valence-electron chi connectivity index (χ0n) is 12.0. The van der Waals surface area contributed by atoms with Crippen molar-refractivity contribution in [2.45, 2.75) is 31.8 Å². The minimum Gasteiger partial charge on any atom is -0.384 e. The Balaban J connectivity index is 2.33. The molecule has 0 saturated carbocycles. The van der Waals surface area contributed by atoms with Gasteiger partial charge in [0.05, 0.1) is 0 Å². The average Bonchev–Trinajstić information content (AvgIpc) is 2.38. The van der Waals surface area contributed by atoms with Gasteiger partial charge in [-0.05, 0) is 54.5 Å². The van der Waals surface area contributed by atoms with E-state index in [0.29, 0.717) is 5.56 Å². The number of aryl methyl sites for hydroxylation is 2. The molecule has 0 aromatic heterocycles. The molecule has 0 aliphatic heterocycles. The molecule has 1 N–H and O–H groups in total. The normalized spacial score (nSPS) is 12.4. The van der Waals surface area contributed by atoms with Gasteiger partial charge in [-0.25, -0.2) is 4.39 Å². The van der Waals surface area contributed by atoms with Crippen molar-refractivity contribution in [2.75, 3.05) is 5.75 Å². The Morgan fingerprint density at radius 2 is 1.80 bits per heavy atom. The van der Waals surface area contributed by atoms with Crippen LogP contribution in [0.25, 0.3) is 0 Å². The third-order valence-corrected chi connectivity index (χ3v) is 4.16. The molecular formula is C17H19FOS. The Morgan fingerprint density at radius 3 is 2.35 bits per heavy atom. The van der Waals surface area contributed by atoms with E-state index >= 15 is 0 Å². The number of benzene rings is 2. The van der Waals surface area contributed by atoms with Crippen LogP contribution in [0.5, 0.6) is 0 Å². The summed E-state index contributed by atoms with van der Waals surface area (Å²) in [7, 11) is 0. The van der Waals surface area contributed by atoms with Gasteiger partial charge >= 0.3 is 0 Å². The van der Waals surface area contributed by atoms with Crippen molar-refractivity contribution in [2.24, 2.45) is 0 Å². The van der Waals surface area contributed by atoms with E-state index in [1.807, 2.05) is 44.2 Å². The highest BCUT2D eigenvalue weighted by Gasteiger charge is 2.17. The summed E-state index contributed by atoms with van der Waals surface area (Å²) in [5, 5.41) is 10.4. The van der Waals surface area contributed by atoms with E-state index in [4.69, 9.17) is 0 Å². The summed E-state index contributed by atoms with van der Waals surface area (Å²) in [6.07, 6.45) is -0.920. The topological polar surface area (TPSA) is 20.2 Å². The molecule has 0 heterocycles. The monoisotopic (exact) mass is 290 g/mol. The van der Waals surface area contributed by atoms with Gasteiger partial charge in [-0.15, -0.1) is 11.8 Å². The molecular weight excluding hydrogens is 271 g/mol. The first-order chi connectivity index (χ1) is 9.52. The van der Waals surface area contributed by atoms with Crippen molar-refractivity contribution in [3.05, 3.63) is 64.5 Å². The maximum absolute atomic E-state index is 14.1. The highest BCUT2D eigenvalue weighted by Crippen LogP contribution is 2.29. The van der Waals surface area contributed by atoms with E-state index in [1.165, 1.54) is 6.07 Å². The van der Waals surface area contributed by atoms with E-state index < -0.39 is 6.10 Å². The van der Waals surface area contributed by atoms with Crippen LogP contribution in [-0.2, 0) is 0 Å². The first kappa shape index (κ1) is 15.1. The molecule has 2 aromatic carbocycles. The summed E-state index contributed by atoms with van der Waals surface area (Å²) < 4.78 is 14.1. The number of hydrogen-bond acceptors (Lipinski definition) is 2. The zero-order chi connectivity index (χ0) is 14.7. The Hall–Kier alpha value is -1.32. The van der Waals surface area contributed by atoms with Gasteiger partial charge in [0, 0.05) is 10.5 Å². The highest BCUT2D eigenvalue weighted by molar-refractivity contribution is 7.99. The maximum Gasteiger partial charge on any atom is 0.129 e. The molecule has 1 unspecified atom stereocenters. The lowest BCUT2D eigenvalue weighted by atomic mass is 9.95. The largest absolute Gasteiger partial charge is 0.384 e. The van der Waals surface area contributed by atoms with Crippen LogP contribution in [0.15, 0.2) is 41.3 Å². The Kier molecular flexibility index (Phi) is 4.84. The smallest absolute Gasteiger partial charge is 0.129 e. The Labute approximate surface area is 123 Å². The highest BCUT2D eigenvalue weighted by atomic mass is 32.2. The van der Waals surface area contributed by atoms with E-state index in [-0.39, 0.29) is 5.82 Å². The SMILES string of the molecule is CCSc1ccc(C(O)c2c(C)cc(C)cc2F)cc1. The molecule has 0 saturated heterocycles. The molecule has 2 aromatic rings. The second-order valence-electron chi connectivity index (χ2n) is 4.88. The van der Waals surface area contributed by atoms with Gasteiger partial charge in [-0.1, -0.05) is 25.1 Å². The van der Waals surface area contributed by atoms with E-state index in [0.717, 1.165) is 27.3 Å². The molecule has 1 nitrogen and oxygen atoms in total. The van der Waals surface area contributed by atoms with Crippen molar-refractivity contribution in [3.63, 3.8) is 0 Å². The van der Waals surface area contributed by atoms with Crippen LogP contribution in [-0.4, -0.2) is 10.9 Å². The van der Waals surface area contributed by atoms with Gasteiger partial charge < -0.3 is 5.11 Å². The Morgan fingerprint density at radius 1 is 1.15 bits per heavy atom. The van der Waals surface area contributed by atoms with Crippen LogP contribution in [0.3, 0.4) is 0 Å². The second-order valence-corrected chi connectivity index (χ2v) is 6.22. The lowest BCUT2D eigenvalue weighted by Gasteiger charge is -2.16. The molecule has 106 valence electrons. The molecule has 0 spiro atoms. The van der Waals surface area contributed by atoms with Crippen LogP contribution in [0.2, 0.25) is 0 Å². The number of aliphatic hydroxyl groups excluding tert-OH is 1. The predicted octanol–water partition coefficient (Wildman–Crippen LogP) is 4.64. The number of halogens is 1. The third-order valence-electron chi connectivity index (χ3n) is 3.26. The molecule has 0 bridgehead atoms.